The number of carbonyl (C=O) groups is 2. The molecule has 0 aliphatic carbocycles. The second kappa shape index (κ2) is 6.29. The number of carboxylic acid groups (broad SMARTS) is 1. The van der Waals surface area contributed by atoms with Gasteiger partial charge >= 0.3 is 5.97 Å². The molecule has 0 saturated heterocycles. The zero-order chi connectivity index (χ0) is 14.6. The summed E-state index contributed by atoms with van der Waals surface area (Å²) in [6, 6.07) is 2.11. The van der Waals surface area contributed by atoms with E-state index >= 15 is 0 Å². The molecule has 1 heterocycles. The summed E-state index contributed by atoms with van der Waals surface area (Å²) in [6.07, 6.45) is 0.315. The molecule has 0 aromatic carbocycles. The van der Waals surface area contributed by atoms with Gasteiger partial charge in [0.1, 0.15) is 4.88 Å². The number of rotatable bonds is 6. The molecule has 1 N–H and O–H groups in total. The molecular weight excluding hydrogens is 266 g/mol. The fraction of sp³-hybridized carbons (Fsp3) is 0.500. The number of thiazole rings is 1. The van der Waals surface area contributed by atoms with Gasteiger partial charge in [-0.25, -0.2) is 9.78 Å². The van der Waals surface area contributed by atoms with Gasteiger partial charge in [-0.3, -0.25) is 4.79 Å². The molecule has 0 aliphatic heterocycles. The molecule has 7 heteroatoms. The molecule has 0 aliphatic rings. The molecule has 0 spiro atoms. The van der Waals surface area contributed by atoms with E-state index in [1.54, 1.807) is 0 Å². The maximum absolute atomic E-state index is 11.4. The van der Waals surface area contributed by atoms with E-state index in [-0.39, 0.29) is 22.4 Å². The lowest BCUT2D eigenvalue weighted by Crippen LogP contribution is -2.31. The molecule has 1 aromatic rings. The van der Waals surface area contributed by atoms with E-state index < -0.39 is 5.97 Å². The van der Waals surface area contributed by atoms with Gasteiger partial charge in [-0.15, -0.1) is 0 Å². The molecule has 19 heavy (non-hydrogen) atoms. The molecule has 0 unspecified atom stereocenters. The van der Waals surface area contributed by atoms with E-state index in [9.17, 15) is 9.59 Å². The first-order valence-corrected chi connectivity index (χ1v) is 6.58. The molecule has 1 aromatic heterocycles. The molecule has 0 radical (unpaired) electrons. The minimum absolute atomic E-state index is 0.0703. The number of aromatic carboxylic acids is 1. The quantitative estimate of drug-likeness (QED) is 0.803. The van der Waals surface area contributed by atoms with Crippen LogP contribution in [0.15, 0.2) is 0 Å². The highest BCUT2D eigenvalue weighted by atomic mass is 32.1. The summed E-state index contributed by atoms with van der Waals surface area (Å²) in [7, 11) is 0. The normalized spacial score (nSPS) is 10.3. The third-order valence-electron chi connectivity index (χ3n) is 2.47. The minimum atomic E-state index is -1.21. The lowest BCUT2D eigenvalue weighted by molar-refractivity contribution is 0.0687. The molecule has 0 bridgehead atoms. The molecule has 0 atom stereocenters. The van der Waals surface area contributed by atoms with Crippen LogP contribution >= 0.6 is 11.3 Å². The van der Waals surface area contributed by atoms with E-state index in [4.69, 9.17) is 10.4 Å². The molecule has 102 valence electrons. The second-order valence-corrected chi connectivity index (χ2v) is 5.21. The first kappa shape index (κ1) is 15.1. The summed E-state index contributed by atoms with van der Waals surface area (Å²) < 4.78 is 0. The Balaban J connectivity index is 3.18. The van der Waals surface area contributed by atoms with Crippen LogP contribution < -0.4 is 4.90 Å². The van der Waals surface area contributed by atoms with Crippen LogP contribution in [0, 0.1) is 11.3 Å². The number of anilines is 1. The van der Waals surface area contributed by atoms with Gasteiger partial charge in [-0.2, -0.15) is 5.26 Å². The smallest absolute Gasteiger partial charge is 0.356 e. The highest BCUT2D eigenvalue weighted by Gasteiger charge is 2.24. The van der Waals surface area contributed by atoms with Gasteiger partial charge in [0.05, 0.1) is 12.5 Å². The minimum Gasteiger partial charge on any atom is -0.476 e. The Kier molecular flexibility index (Phi) is 5.01. The molecule has 0 fully saturated rings. The molecular formula is C12H15N3O3S. The van der Waals surface area contributed by atoms with Crippen molar-refractivity contribution in [3.05, 3.63) is 10.6 Å². The van der Waals surface area contributed by atoms with E-state index in [1.807, 2.05) is 24.8 Å². The number of carbonyl (C=O) groups excluding carboxylic acids is 1. The van der Waals surface area contributed by atoms with Crippen LogP contribution in [0.3, 0.4) is 0 Å². The van der Waals surface area contributed by atoms with Crippen molar-refractivity contribution in [2.75, 3.05) is 11.4 Å². The first-order chi connectivity index (χ1) is 8.88. The predicted molar refractivity (Wildman–Crippen MR) is 71.8 cm³/mol. The van der Waals surface area contributed by atoms with Gasteiger partial charge in [0.15, 0.2) is 16.6 Å². The van der Waals surface area contributed by atoms with Crippen molar-refractivity contribution < 1.29 is 14.7 Å². The second-order valence-electron chi connectivity index (χ2n) is 4.23. The summed E-state index contributed by atoms with van der Waals surface area (Å²) in [6.45, 7) is 5.62. The maximum Gasteiger partial charge on any atom is 0.356 e. The average Bonchev–Trinajstić information content (AvgIpc) is 2.74. The third kappa shape index (κ3) is 3.51. The SMILES string of the molecule is CC(=O)c1sc(N(CCC#N)C(C)C)nc1C(=O)O. The van der Waals surface area contributed by atoms with Gasteiger partial charge in [-0.05, 0) is 13.8 Å². The Morgan fingerprint density at radius 3 is 2.53 bits per heavy atom. The summed E-state index contributed by atoms with van der Waals surface area (Å²) in [4.78, 5) is 28.5. The van der Waals surface area contributed by atoms with Crippen LogP contribution in [0.4, 0.5) is 5.13 Å². The Morgan fingerprint density at radius 2 is 2.16 bits per heavy atom. The fourth-order valence-corrected chi connectivity index (χ4v) is 2.67. The highest BCUT2D eigenvalue weighted by Crippen LogP contribution is 2.28. The van der Waals surface area contributed by atoms with Crippen LogP contribution in [0.5, 0.6) is 0 Å². The standard InChI is InChI=1S/C12H15N3O3S/c1-7(2)15(6-4-5-13)12-14-9(11(17)18)10(19-12)8(3)16/h7H,4,6H2,1-3H3,(H,17,18). The van der Waals surface area contributed by atoms with Gasteiger partial charge in [0.25, 0.3) is 0 Å². The van der Waals surface area contributed by atoms with Crippen molar-refractivity contribution in [3.63, 3.8) is 0 Å². The Labute approximate surface area is 115 Å². The summed E-state index contributed by atoms with van der Waals surface area (Å²) in [5, 5.41) is 18.1. The number of carboxylic acids is 1. The Bertz CT molecular complexity index is 499. The number of hydrogen-bond donors (Lipinski definition) is 1. The molecule has 6 nitrogen and oxygen atoms in total. The summed E-state index contributed by atoms with van der Waals surface area (Å²) in [5.41, 5.74) is -0.213. The number of hydrogen-bond acceptors (Lipinski definition) is 6. The summed E-state index contributed by atoms with van der Waals surface area (Å²) in [5.74, 6) is -1.53. The van der Waals surface area contributed by atoms with Crippen LogP contribution in [0.1, 0.15) is 47.4 Å². The summed E-state index contributed by atoms with van der Waals surface area (Å²) >= 11 is 1.06. The van der Waals surface area contributed by atoms with E-state index in [0.29, 0.717) is 18.1 Å². The third-order valence-corrected chi connectivity index (χ3v) is 3.67. The van der Waals surface area contributed by atoms with Crippen molar-refractivity contribution in [2.45, 2.75) is 33.2 Å². The largest absolute Gasteiger partial charge is 0.476 e. The number of nitriles is 1. The predicted octanol–water partition coefficient (Wildman–Crippen LogP) is 2.17. The van der Waals surface area contributed by atoms with E-state index in [2.05, 4.69) is 4.98 Å². The van der Waals surface area contributed by atoms with Gasteiger partial charge < -0.3 is 10.0 Å². The Hall–Kier alpha value is -1.94. The number of nitrogens with zero attached hydrogens (tertiary/aromatic N) is 3. The number of Topliss-reactive ketones (excluding diaryl/α,β-unsaturated/α-hetero) is 1. The van der Waals surface area contributed by atoms with Gasteiger partial charge in [-0.1, -0.05) is 11.3 Å². The molecule has 1 rings (SSSR count). The van der Waals surface area contributed by atoms with E-state index in [0.717, 1.165) is 11.3 Å². The fourth-order valence-electron chi connectivity index (χ4n) is 1.56. The topological polar surface area (TPSA) is 94.3 Å². The Morgan fingerprint density at radius 1 is 1.53 bits per heavy atom. The van der Waals surface area contributed by atoms with Crippen molar-refractivity contribution in [3.8, 4) is 6.07 Å². The van der Waals surface area contributed by atoms with Gasteiger partial charge in [0.2, 0.25) is 0 Å². The lowest BCUT2D eigenvalue weighted by Gasteiger charge is -2.24. The number of ketones is 1. The van der Waals surface area contributed by atoms with Crippen LogP contribution in [0.25, 0.3) is 0 Å². The van der Waals surface area contributed by atoms with Crippen LogP contribution in [-0.2, 0) is 0 Å². The zero-order valence-electron chi connectivity index (χ0n) is 11.0. The lowest BCUT2D eigenvalue weighted by atomic mass is 10.3. The van der Waals surface area contributed by atoms with Crippen LogP contribution in [-0.4, -0.2) is 34.4 Å². The zero-order valence-corrected chi connectivity index (χ0v) is 11.8. The average molecular weight is 281 g/mol. The number of aromatic nitrogens is 1. The first-order valence-electron chi connectivity index (χ1n) is 5.77. The monoisotopic (exact) mass is 281 g/mol. The van der Waals surface area contributed by atoms with Crippen molar-refractivity contribution >= 4 is 28.2 Å². The molecule has 0 amide bonds. The molecule has 0 saturated carbocycles. The van der Waals surface area contributed by atoms with Crippen molar-refractivity contribution in [2.24, 2.45) is 0 Å². The van der Waals surface area contributed by atoms with Crippen molar-refractivity contribution in [1.29, 1.82) is 5.26 Å². The van der Waals surface area contributed by atoms with Crippen LogP contribution in [0.2, 0.25) is 0 Å². The van der Waals surface area contributed by atoms with E-state index in [1.165, 1.54) is 6.92 Å². The van der Waals surface area contributed by atoms with Gasteiger partial charge in [0, 0.05) is 19.5 Å². The maximum atomic E-state index is 11.4. The van der Waals surface area contributed by atoms with Crippen molar-refractivity contribution in [1.82, 2.24) is 4.98 Å². The highest BCUT2D eigenvalue weighted by molar-refractivity contribution is 7.17.